The van der Waals surface area contributed by atoms with Crippen molar-refractivity contribution in [2.45, 2.75) is 20.0 Å². The third-order valence-electron chi connectivity index (χ3n) is 2.77. The molecule has 1 N–H and O–H groups in total. The number of aliphatic hydroxyl groups is 1. The maximum absolute atomic E-state index is 9.58. The lowest BCUT2D eigenvalue weighted by Gasteiger charge is -2.05. The Morgan fingerprint density at radius 2 is 2.07 bits per heavy atom. The topological polar surface area (TPSA) is 25.2 Å². The molecule has 1 atom stereocenters. The van der Waals surface area contributed by atoms with Gasteiger partial charge in [0, 0.05) is 23.6 Å². The molecular weight excluding hydrogens is 174 g/mol. The second kappa shape index (κ2) is 3.14. The molecule has 0 radical (unpaired) electrons. The van der Waals surface area contributed by atoms with E-state index in [4.69, 9.17) is 0 Å². The van der Waals surface area contributed by atoms with Crippen LogP contribution in [0.1, 0.15) is 24.3 Å². The molecule has 0 spiro atoms. The van der Waals surface area contributed by atoms with Gasteiger partial charge in [-0.05, 0) is 31.5 Å². The monoisotopic (exact) mass is 189 g/mol. The van der Waals surface area contributed by atoms with Gasteiger partial charge in [0.15, 0.2) is 0 Å². The summed E-state index contributed by atoms with van der Waals surface area (Å²) in [6, 6.07) is 8.28. The second-order valence-electron chi connectivity index (χ2n) is 3.81. The number of aryl methyl sites for hydroxylation is 2. The second-order valence-corrected chi connectivity index (χ2v) is 3.81. The number of benzene rings is 1. The zero-order chi connectivity index (χ0) is 10.3. The van der Waals surface area contributed by atoms with Gasteiger partial charge >= 0.3 is 0 Å². The van der Waals surface area contributed by atoms with Crippen molar-refractivity contribution >= 4 is 10.9 Å². The first-order chi connectivity index (χ1) is 6.61. The van der Waals surface area contributed by atoms with Crippen molar-refractivity contribution in [2.24, 2.45) is 7.05 Å². The van der Waals surface area contributed by atoms with E-state index in [9.17, 15) is 5.11 Å². The summed E-state index contributed by atoms with van der Waals surface area (Å²) < 4.78 is 2.05. The largest absolute Gasteiger partial charge is 0.387 e. The van der Waals surface area contributed by atoms with Crippen LogP contribution in [0.15, 0.2) is 24.3 Å². The molecule has 0 fully saturated rings. The molecule has 14 heavy (non-hydrogen) atoms. The first kappa shape index (κ1) is 9.28. The number of fused-ring (bicyclic) bond motifs is 1. The normalized spacial score (nSPS) is 13.4. The van der Waals surface area contributed by atoms with Crippen LogP contribution < -0.4 is 0 Å². The molecule has 0 saturated heterocycles. The highest BCUT2D eigenvalue weighted by atomic mass is 16.3. The van der Waals surface area contributed by atoms with Gasteiger partial charge in [-0.2, -0.15) is 0 Å². The van der Waals surface area contributed by atoms with E-state index in [0.717, 1.165) is 5.69 Å². The molecule has 0 aliphatic rings. The zero-order valence-corrected chi connectivity index (χ0v) is 8.78. The number of hydrogen-bond acceptors (Lipinski definition) is 1. The molecule has 1 aromatic carbocycles. The molecule has 2 heteroatoms. The third-order valence-corrected chi connectivity index (χ3v) is 2.77. The van der Waals surface area contributed by atoms with Gasteiger partial charge in [0.2, 0.25) is 0 Å². The van der Waals surface area contributed by atoms with Crippen molar-refractivity contribution in [3.05, 3.63) is 35.5 Å². The Balaban J connectivity index is 2.80. The predicted molar refractivity (Wildman–Crippen MR) is 58.3 cm³/mol. The van der Waals surface area contributed by atoms with Crippen LogP contribution in [0.2, 0.25) is 0 Å². The van der Waals surface area contributed by atoms with Gasteiger partial charge in [-0.15, -0.1) is 0 Å². The number of rotatable bonds is 1. The van der Waals surface area contributed by atoms with Crippen molar-refractivity contribution in [3.8, 4) is 0 Å². The Kier molecular flexibility index (Phi) is 2.08. The summed E-state index contributed by atoms with van der Waals surface area (Å²) in [7, 11) is 1.99. The van der Waals surface area contributed by atoms with Crippen molar-refractivity contribution in [1.82, 2.24) is 4.57 Å². The fourth-order valence-electron chi connectivity index (χ4n) is 1.93. The van der Waals surface area contributed by atoms with Crippen LogP contribution in [0.25, 0.3) is 10.9 Å². The van der Waals surface area contributed by atoms with Crippen LogP contribution >= 0.6 is 0 Å². The maximum atomic E-state index is 9.58. The van der Waals surface area contributed by atoms with Crippen LogP contribution in [-0.2, 0) is 7.05 Å². The Bertz CT molecular complexity index is 468. The minimum Gasteiger partial charge on any atom is -0.387 e. The average Bonchev–Trinajstić information content (AvgIpc) is 2.46. The SMILES string of the molecule is Cc1cccc2c1cc(C(C)O)n2C. The highest BCUT2D eigenvalue weighted by molar-refractivity contribution is 5.84. The summed E-state index contributed by atoms with van der Waals surface area (Å²) >= 11 is 0. The van der Waals surface area contributed by atoms with Crippen LogP contribution in [0.4, 0.5) is 0 Å². The van der Waals surface area contributed by atoms with Crippen molar-refractivity contribution in [2.75, 3.05) is 0 Å². The lowest BCUT2D eigenvalue weighted by molar-refractivity contribution is 0.191. The molecule has 0 amide bonds. The molecule has 2 rings (SSSR count). The van der Waals surface area contributed by atoms with Gasteiger partial charge in [-0.1, -0.05) is 12.1 Å². The summed E-state index contributed by atoms with van der Waals surface area (Å²) in [4.78, 5) is 0. The number of aromatic nitrogens is 1. The van der Waals surface area contributed by atoms with Crippen molar-refractivity contribution in [3.63, 3.8) is 0 Å². The molecule has 0 aliphatic heterocycles. The van der Waals surface area contributed by atoms with Gasteiger partial charge in [0.05, 0.1) is 6.10 Å². The van der Waals surface area contributed by atoms with E-state index in [1.165, 1.54) is 16.5 Å². The summed E-state index contributed by atoms with van der Waals surface area (Å²) in [6.07, 6.45) is -0.410. The summed E-state index contributed by atoms with van der Waals surface area (Å²) in [5.74, 6) is 0. The number of hydrogen-bond donors (Lipinski definition) is 1. The first-order valence-corrected chi connectivity index (χ1v) is 4.84. The lowest BCUT2D eigenvalue weighted by Crippen LogP contribution is -1.99. The first-order valence-electron chi connectivity index (χ1n) is 4.84. The van der Waals surface area contributed by atoms with Gasteiger partial charge < -0.3 is 9.67 Å². The molecule has 1 heterocycles. The molecule has 0 aliphatic carbocycles. The molecule has 2 nitrogen and oxygen atoms in total. The van der Waals surface area contributed by atoms with Crippen LogP contribution in [0.5, 0.6) is 0 Å². The Hall–Kier alpha value is -1.28. The smallest absolute Gasteiger partial charge is 0.0912 e. The van der Waals surface area contributed by atoms with E-state index in [0.29, 0.717) is 0 Å². The Morgan fingerprint density at radius 3 is 2.64 bits per heavy atom. The van der Waals surface area contributed by atoms with E-state index in [1.807, 2.05) is 17.7 Å². The fourth-order valence-corrected chi connectivity index (χ4v) is 1.93. The molecule has 2 aromatic rings. The van der Waals surface area contributed by atoms with Crippen LogP contribution in [-0.4, -0.2) is 9.67 Å². The third kappa shape index (κ3) is 1.23. The minimum absolute atomic E-state index is 0.410. The number of nitrogens with zero attached hydrogens (tertiary/aromatic N) is 1. The average molecular weight is 189 g/mol. The van der Waals surface area contributed by atoms with E-state index < -0.39 is 6.10 Å². The Morgan fingerprint density at radius 1 is 1.36 bits per heavy atom. The van der Waals surface area contributed by atoms with Crippen molar-refractivity contribution < 1.29 is 5.11 Å². The van der Waals surface area contributed by atoms with E-state index >= 15 is 0 Å². The summed E-state index contributed by atoms with van der Waals surface area (Å²) in [5, 5.41) is 10.8. The highest BCUT2D eigenvalue weighted by Gasteiger charge is 2.10. The molecule has 0 bridgehead atoms. The van der Waals surface area contributed by atoms with E-state index in [-0.39, 0.29) is 0 Å². The summed E-state index contributed by atoms with van der Waals surface area (Å²) in [5.41, 5.74) is 3.40. The maximum Gasteiger partial charge on any atom is 0.0912 e. The van der Waals surface area contributed by atoms with Gasteiger partial charge in [-0.25, -0.2) is 0 Å². The quantitative estimate of drug-likeness (QED) is 0.732. The Labute approximate surface area is 83.8 Å². The van der Waals surface area contributed by atoms with Crippen LogP contribution in [0, 0.1) is 6.92 Å². The molecular formula is C12H15NO. The van der Waals surface area contributed by atoms with E-state index in [1.54, 1.807) is 6.92 Å². The predicted octanol–water partition coefficient (Wildman–Crippen LogP) is 2.54. The van der Waals surface area contributed by atoms with Gasteiger partial charge in [0.1, 0.15) is 0 Å². The summed E-state index contributed by atoms with van der Waals surface area (Å²) in [6.45, 7) is 3.89. The standard InChI is InChI=1S/C12H15NO/c1-8-5-4-6-11-10(8)7-12(9(2)14)13(11)3/h4-7,9,14H,1-3H3. The molecule has 74 valence electrons. The minimum atomic E-state index is -0.410. The molecule has 1 aromatic heterocycles. The highest BCUT2D eigenvalue weighted by Crippen LogP contribution is 2.25. The molecule has 1 unspecified atom stereocenters. The molecule has 0 saturated carbocycles. The van der Waals surface area contributed by atoms with Crippen LogP contribution in [0.3, 0.4) is 0 Å². The fraction of sp³-hybridized carbons (Fsp3) is 0.333. The number of aliphatic hydroxyl groups excluding tert-OH is 1. The van der Waals surface area contributed by atoms with Crippen molar-refractivity contribution in [1.29, 1.82) is 0 Å². The van der Waals surface area contributed by atoms with E-state index in [2.05, 4.69) is 25.1 Å². The zero-order valence-electron chi connectivity index (χ0n) is 8.78. The van der Waals surface area contributed by atoms with Gasteiger partial charge in [-0.3, -0.25) is 0 Å². The lowest BCUT2D eigenvalue weighted by atomic mass is 10.1. The van der Waals surface area contributed by atoms with Gasteiger partial charge in [0.25, 0.3) is 0 Å².